The highest BCUT2D eigenvalue weighted by molar-refractivity contribution is 7.25. The van der Waals surface area contributed by atoms with Crippen molar-refractivity contribution in [3.05, 3.63) is 204 Å². The molecule has 0 aliphatic rings. The van der Waals surface area contributed by atoms with E-state index in [2.05, 4.69) is 201 Å². The maximum absolute atomic E-state index is 5.67. The molecular formula is C56H41N3S. The van der Waals surface area contributed by atoms with Gasteiger partial charge in [-0.1, -0.05) is 146 Å². The lowest BCUT2D eigenvalue weighted by Crippen LogP contribution is -2.05. The SMILES string of the molecule is CC/C(C)=C(/N=C(\N=C(/C)c1ccccc1)c1ccc2c(ccc3ccccc32)c1)c1cc(-n2c3ccccc3c3cc4ccccc4cc32)c2c(c1)sc1ccccc12. The van der Waals surface area contributed by atoms with E-state index in [0.29, 0.717) is 5.84 Å². The van der Waals surface area contributed by atoms with Crippen LogP contribution < -0.4 is 0 Å². The molecule has 0 saturated heterocycles. The number of hydrogen-bond donors (Lipinski definition) is 0. The van der Waals surface area contributed by atoms with Gasteiger partial charge >= 0.3 is 0 Å². The fourth-order valence-corrected chi connectivity index (χ4v) is 10.1. The minimum Gasteiger partial charge on any atom is -0.309 e. The van der Waals surface area contributed by atoms with Crippen LogP contribution >= 0.6 is 11.3 Å². The molecular weight excluding hydrogens is 747 g/mol. The summed E-state index contributed by atoms with van der Waals surface area (Å²) in [5.74, 6) is 0.690. The summed E-state index contributed by atoms with van der Waals surface area (Å²) < 4.78 is 5.00. The van der Waals surface area contributed by atoms with Crippen molar-refractivity contribution in [2.45, 2.75) is 27.2 Å². The molecule has 11 rings (SSSR count). The highest BCUT2D eigenvalue weighted by Gasteiger charge is 2.21. The molecule has 2 aromatic heterocycles. The molecule has 2 heterocycles. The lowest BCUT2D eigenvalue weighted by Gasteiger charge is -2.16. The molecule has 4 heteroatoms. The van der Waals surface area contributed by atoms with Crippen LogP contribution in [0.2, 0.25) is 0 Å². The van der Waals surface area contributed by atoms with Crippen LogP contribution in [0.3, 0.4) is 0 Å². The van der Waals surface area contributed by atoms with Gasteiger partial charge in [0.25, 0.3) is 0 Å². The second kappa shape index (κ2) is 14.6. The van der Waals surface area contributed by atoms with E-state index < -0.39 is 0 Å². The molecule has 0 radical (unpaired) electrons. The van der Waals surface area contributed by atoms with E-state index >= 15 is 0 Å². The van der Waals surface area contributed by atoms with Gasteiger partial charge in [0.05, 0.1) is 22.4 Å². The monoisotopic (exact) mass is 787 g/mol. The van der Waals surface area contributed by atoms with E-state index in [0.717, 1.165) is 45.6 Å². The zero-order valence-electron chi connectivity index (χ0n) is 33.8. The summed E-state index contributed by atoms with van der Waals surface area (Å²) in [5.41, 5.74) is 9.72. The van der Waals surface area contributed by atoms with Crippen molar-refractivity contribution < 1.29 is 0 Å². The summed E-state index contributed by atoms with van der Waals surface area (Å²) in [6, 6.07) is 66.0. The number of allylic oxidation sites excluding steroid dienone is 1. The predicted molar refractivity (Wildman–Crippen MR) is 261 cm³/mol. The number of aromatic nitrogens is 1. The first-order chi connectivity index (χ1) is 29.5. The minimum absolute atomic E-state index is 0.690. The molecule has 0 spiro atoms. The molecule has 0 aliphatic carbocycles. The Bertz CT molecular complexity index is 3600. The quantitative estimate of drug-likeness (QED) is 0.0913. The normalized spacial score (nSPS) is 13.1. The van der Waals surface area contributed by atoms with Crippen molar-refractivity contribution in [1.29, 1.82) is 0 Å². The summed E-state index contributed by atoms with van der Waals surface area (Å²) in [4.78, 5) is 11.1. The molecule has 286 valence electrons. The molecule has 60 heavy (non-hydrogen) atoms. The molecule has 0 aliphatic heterocycles. The van der Waals surface area contributed by atoms with Gasteiger partial charge < -0.3 is 4.57 Å². The highest BCUT2D eigenvalue weighted by atomic mass is 32.1. The van der Waals surface area contributed by atoms with Crippen molar-refractivity contribution in [3.63, 3.8) is 0 Å². The van der Waals surface area contributed by atoms with Gasteiger partial charge in [-0.3, -0.25) is 0 Å². The van der Waals surface area contributed by atoms with Gasteiger partial charge in [0.2, 0.25) is 0 Å². The standard InChI is InChI=1S/C56H41N3S/c1-4-35(2)55(58-56(57-36(3)37-16-6-5-7-17-37)42-28-29-45-41(30-42)27-26-38-18-10-11-21-44(38)45)43-33-51(54-47-23-13-15-25-52(47)60-53(54)34-43)59-49-24-14-12-22-46(49)48-31-39-19-8-9-20-40(39)32-50(48)59/h5-34H,4H2,1-3H3/b55-35+,57-36+,58-56-. The lowest BCUT2D eigenvalue weighted by atomic mass is 9.99. The topological polar surface area (TPSA) is 29.6 Å². The van der Waals surface area contributed by atoms with Crippen LogP contribution in [0, 0.1) is 0 Å². The maximum Gasteiger partial charge on any atom is 0.160 e. The molecule has 0 unspecified atom stereocenters. The molecule has 3 nitrogen and oxygen atoms in total. The van der Waals surface area contributed by atoms with Gasteiger partial charge in [-0.25, -0.2) is 9.98 Å². The van der Waals surface area contributed by atoms with Crippen molar-refractivity contribution in [1.82, 2.24) is 4.57 Å². The number of thiophene rings is 1. The summed E-state index contributed by atoms with van der Waals surface area (Å²) >= 11 is 1.85. The minimum atomic E-state index is 0.690. The van der Waals surface area contributed by atoms with E-state index in [1.165, 1.54) is 74.5 Å². The van der Waals surface area contributed by atoms with Crippen molar-refractivity contribution in [3.8, 4) is 5.69 Å². The number of hydrogen-bond acceptors (Lipinski definition) is 2. The zero-order valence-corrected chi connectivity index (χ0v) is 34.6. The fraction of sp³-hybridized carbons (Fsp3) is 0.0714. The van der Waals surface area contributed by atoms with Gasteiger partial charge in [0.1, 0.15) is 0 Å². The number of rotatable bonds is 6. The smallest absolute Gasteiger partial charge is 0.160 e. The van der Waals surface area contributed by atoms with Crippen LogP contribution in [-0.2, 0) is 0 Å². The van der Waals surface area contributed by atoms with Gasteiger partial charge in [0.15, 0.2) is 5.84 Å². The number of nitrogens with zero attached hydrogens (tertiary/aromatic N) is 3. The van der Waals surface area contributed by atoms with Crippen LogP contribution in [0.1, 0.15) is 43.9 Å². The number of aliphatic imine (C=N–C) groups is 2. The zero-order chi connectivity index (χ0) is 40.3. The first-order valence-corrected chi connectivity index (χ1v) is 21.5. The van der Waals surface area contributed by atoms with Crippen LogP contribution in [0.25, 0.3) is 85.7 Å². The third kappa shape index (κ3) is 6.03. The van der Waals surface area contributed by atoms with Crippen LogP contribution in [0.5, 0.6) is 0 Å². The number of fused-ring (bicyclic) bond motifs is 10. The summed E-state index contributed by atoms with van der Waals surface area (Å²) in [6.07, 6.45) is 0.846. The first-order valence-electron chi connectivity index (χ1n) is 20.7. The predicted octanol–water partition coefficient (Wildman–Crippen LogP) is 15.7. The van der Waals surface area contributed by atoms with Gasteiger partial charge in [-0.2, -0.15) is 0 Å². The second-order valence-electron chi connectivity index (χ2n) is 15.7. The largest absolute Gasteiger partial charge is 0.309 e. The molecule has 0 N–H and O–H groups in total. The molecule has 0 atom stereocenters. The van der Waals surface area contributed by atoms with Crippen molar-refractivity contribution in [2.75, 3.05) is 0 Å². The van der Waals surface area contributed by atoms with Crippen molar-refractivity contribution in [2.24, 2.45) is 9.98 Å². The Balaban J connectivity index is 1.20. The Kier molecular flexibility index (Phi) is 8.75. The van der Waals surface area contributed by atoms with Crippen LogP contribution in [0.15, 0.2) is 198 Å². The molecule has 0 amide bonds. The summed E-state index contributed by atoms with van der Waals surface area (Å²) in [7, 11) is 0. The van der Waals surface area contributed by atoms with E-state index in [1.807, 2.05) is 17.4 Å². The van der Waals surface area contributed by atoms with Crippen molar-refractivity contribution >= 4 is 103 Å². The maximum atomic E-state index is 5.67. The van der Waals surface area contributed by atoms with Crippen LogP contribution in [-0.4, -0.2) is 16.1 Å². The Labute approximate surface area is 352 Å². The average molecular weight is 788 g/mol. The second-order valence-corrected chi connectivity index (χ2v) is 16.8. The average Bonchev–Trinajstić information content (AvgIpc) is 3.84. The summed E-state index contributed by atoms with van der Waals surface area (Å²) in [6.45, 7) is 6.53. The number of para-hydroxylation sites is 1. The molecule has 9 aromatic carbocycles. The van der Waals surface area contributed by atoms with Crippen LogP contribution in [0.4, 0.5) is 0 Å². The molecule has 0 bridgehead atoms. The summed E-state index contributed by atoms with van der Waals surface area (Å²) in [5, 5.41) is 12.3. The Morgan fingerprint density at radius 1 is 0.467 bits per heavy atom. The van der Waals surface area contributed by atoms with Gasteiger partial charge in [-0.15, -0.1) is 11.3 Å². The molecule has 0 saturated carbocycles. The fourth-order valence-electron chi connectivity index (χ4n) is 8.95. The third-order valence-electron chi connectivity index (χ3n) is 12.1. The number of amidine groups is 1. The van der Waals surface area contributed by atoms with E-state index in [9.17, 15) is 0 Å². The van der Waals surface area contributed by atoms with Gasteiger partial charge in [-0.05, 0) is 106 Å². The Morgan fingerprint density at radius 2 is 1.13 bits per heavy atom. The number of benzene rings is 9. The molecule has 11 aromatic rings. The molecule has 0 fully saturated rings. The van der Waals surface area contributed by atoms with E-state index in [4.69, 9.17) is 9.98 Å². The lowest BCUT2D eigenvalue weighted by molar-refractivity contribution is 1.09. The Hall–Kier alpha value is -7.14. The highest BCUT2D eigenvalue weighted by Crippen LogP contribution is 2.44. The Morgan fingerprint density at radius 3 is 1.95 bits per heavy atom. The van der Waals surface area contributed by atoms with E-state index in [1.54, 1.807) is 0 Å². The third-order valence-corrected chi connectivity index (χ3v) is 13.3. The van der Waals surface area contributed by atoms with Gasteiger partial charge in [0, 0.05) is 47.8 Å². The van der Waals surface area contributed by atoms with E-state index in [-0.39, 0.29) is 0 Å². The first kappa shape index (κ1) is 36.0.